The molecule has 1 nitrogen and oxygen atoms in total. The molecule has 1 rings (SSSR count). The summed E-state index contributed by atoms with van der Waals surface area (Å²) in [5, 5.41) is 1.37. The molecule has 1 unspecified atom stereocenters. The van der Waals surface area contributed by atoms with Crippen molar-refractivity contribution in [2.75, 3.05) is 6.61 Å². The van der Waals surface area contributed by atoms with E-state index in [9.17, 15) is 0 Å². The fourth-order valence-electron chi connectivity index (χ4n) is 1.32. The van der Waals surface area contributed by atoms with Gasteiger partial charge in [-0.15, -0.1) is 6.58 Å². The molecule has 0 aliphatic heterocycles. The molecule has 0 N–H and O–H groups in total. The second-order valence-corrected chi connectivity index (χ2v) is 5.33. The number of rotatable bonds is 5. The first-order valence-electron chi connectivity index (χ1n) is 4.66. The predicted molar refractivity (Wildman–Crippen MR) is 59.9 cm³/mol. The number of benzene rings is 1. The molecule has 2 heteroatoms. The molecule has 1 atom stereocenters. The van der Waals surface area contributed by atoms with E-state index in [1.165, 1.54) is 5.19 Å². The van der Waals surface area contributed by atoms with Crippen molar-refractivity contribution < 1.29 is 4.43 Å². The molecule has 0 radical (unpaired) electrons. The standard InChI is InChI=1S/C11H16OSi/c1-3-10-13(12-4-2)11-8-6-5-7-9-11/h3,5-9,13H,1,4,10H2,2H3. The van der Waals surface area contributed by atoms with Crippen molar-refractivity contribution in [2.45, 2.75) is 13.0 Å². The Morgan fingerprint density at radius 2 is 2.08 bits per heavy atom. The van der Waals surface area contributed by atoms with Crippen molar-refractivity contribution in [1.82, 2.24) is 0 Å². The van der Waals surface area contributed by atoms with Crippen LogP contribution in [0.5, 0.6) is 0 Å². The van der Waals surface area contributed by atoms with E-state index in [1.807, 2.05) is 19.1 Å². The Morgan fingerprint density at radius 1 is 1.38 bits per heavy atom. The van der Waals surface area contributed by atoms with Crippen LogP contribution in [0, 0.1) is 0 Å². The molecule has 0 aliphatic carbocycles. The van der Waals surface area contributed by atoms with E-state index in [0.717, 1.165) is 12.7 Å². The van der Waals surface area contributed by atoms with Crippen LogP contribution in [0.15, 0.2) is 43.0 Å². The number of allylic oxidation sites excluding steroid dienone is 1. The molecule has 0 heterocycles. The Labute approximate surface area is 81.8 Å². The smallest absolute Gasteiger partial charge is 0.211 e. The lowest BCUT2D eigenvalue weighted by Gasteiger charge is -2.13. The molecule has 13 heavy (non-hydrogen) atoms. The maximum absolute atomic E-state index is 5.74. The highest BCUT2D eigenvalue weighted by Crippen LogP contribution is 1.97. The third kappa shape index (κ3) is 3.17. The molecule has 0 aromatic heterocycles. The van der Waals surface area contributed by atoms with Crippen LogP contribution in [0.2, 0.25) is 6.04 Å². The van der Waals surface area contributed by atoms with Gasteiger partial charge in [0.2, 0.25) is 9.04 Å². The van der Waals surface area contributed by atoms with E-state index in [0.29, 0.717) is 0 Å². The van der Waals surface area contributed by atoms with Gasteiger partial charge in [-0.3, -0.25) is 0 Å². The summed E-state index contributed by atoms with van der Waals surface area (Å²) in [5.41, 5.74) is 0. The summed E-state index contributed by atoms with van der Waals surface area (Å²) in [6, 6.07) is 11.5. The van der Waals surface area contributed by atoms with E-state index in [2.05, 4.69) is 30.8 Å². The Hall–Kier alpha value is -0.863. The Bertz CT molecular complexity index is 246. The van der Waals surface area contributed by atoms with Gasteiger partial charge < -0.3 is 4.43 Å². The average molecular weight is 192 g/mol. The third-order valence-corrected chi connectivity index (χ3v) is 4.55. The van der Waals surface area contributed by atoms with Gasteiger partial charge in [-0.25, -0.2) is 0 Å². The van der Waals surface area contributed by atoms with Crippen LogP contribution in [-0.4, -0.2) is 15.6 Å². The molecular weight excluding hydrogens is 176 g/mol. The Kier molecular flexibility index (Phi) is 4.50. The highest BCUT2D eigenvalue weighted by molar-refractivity contribution is 6.67. The second-order valence-electron chi connectivity index (χ2n) is 2.88. The normalized spacial score (nSPS) is 12.4. The average Bonchev–Trinajstić information content (AvgIpc) is 2.19. The Balaban J connectivity index is 2.69. The zero-order chi connectivity index (χ0) is 9.52. The molecular formula is C11H16OSi. The molecule has 0 aliphatic rings. The fourth-order valence-corrected chi connectivity index (χ4v) is 3.28. The molecule has 0 amide bonds. The van der Waals surface area contributed by atoms with Gasteiger partial charge in [-0.05, 0) is 18.2 Å². The second kappa shape index (κ2) is 5.73. The van der Waals surface area contributed by atoms with Gasteiger partial charge in [0.25, 0.3) is 0 Å². The lowest BCUT2D eigenvalue weighted by molar-refractivity contribution is 0.352. The molecule has 70 valence electrons. The topological polar surface area (TPSA) is 9.23 Å². The van der Waals surface area contributed by atoms with Crippen molar-refractivity contribution >= 4 is 14.2 Å². The monoisotopic (exact) mass is 192 g/mol. The molecule has 0 spiro atoms. The van der Waals surface area contributed by atoms with Gasteiger partial charge in [0.05, 0.1) is 0 Å². The van der Waals surface area contributed by atoms with E-state index in [-0.39, 0.29) is 0 Å². The van der Waals surface area contributed by atoms with Crippen LogP contribution >= 0.6 is 0 Å². The highest BCUT2D eigenvalue weighted by atomic mass is 28.3. The third-order valence-electron chi connectivity index (χ3n) is 1.92. The molecule has 0 fully saturated rings. The zero-order valence-electron chi connectivity index (χ0n) is 8.07. The van der Waals surface area contributed by atoms with Gasteiger partial charge in [-0.2, -0.15) is 0 Å². The van der Waals surface area contributed by atoms with Crippen LogP contribution in [0.3, 0.4) is 0 Å². The lowest BCUT2D eigenvalue weighted by atomic mass is 10.4. The van der Waals surface area contributed by atoms with E-state index < -0.39 is 9.04 Å². The first-order valence-corrected chi connectivity index (χ1v) is 6.52. The molecule has 0 saturated heterocycles. The number of hydrogen-bond acceptors (Lipinski definition) is 1. The summed E-state index contributed by atoms with van der Waals surface area (Å²) >= 11 is 0. The zero-order valence-corrected chi connectivity index (χ0v) is 9.23. The summed E-state index contributed by atoms with van der Waals surface area (Å²) in [6.07, 6.45) is 1.96. The maximum Gasteiger partial charge on any atom is 0.211 e. The van der Waals surface area contributed by atoms with E-state index in [4.69, 9.17) is 4.43 Å². The first kappa shape index (κ1) is 10.2. The predicted octanol–water partition coefficient (Wildman–Crippen LogP) is 1.84. The summed E-state index contributed by atoms with van der Waals surface area (Å²) < 4.78 is 5.74. The summed E-state index contributed by atoms with van der Waals surface area (Å²) in [6.45, 7) is 6.62. The minimum Gasteiger partial charge on any atom is -0.415 e. The first-order chi connectivity index (χ1) is 6.38. The van der Waals surface area contributed by atoms with Crippen molar-refractivity contribution in [3.8, 4) is 0 Å². The van der Waals surface area contributed by atoms with Crippen LogP contribution in [0.1, 0.15) is 6.92 Å². The van der Waals surface area contributed by atoms with Crippen LogP contribution in [-0.2, 0) is 4.43 Å². The highest BCUT2D eigenvalue weighted by Gasteiger charge is 2.10. The van der Waals surface area contributed by atoms with Gasteiger partial charge >= 0.3 is 0 Å². The maximum atomic E-state index is 5.74. The van der Waals surface area contributed by atoms with Crippen LogP contribution in [0.4, 0.5) is 0 Å². The minimum absolute atomic E-state index is 0.805. The van der Waals surface area contributed by atoms with Gasteiger partial charge in [0.15, 0.2) is 0 Å². The van der Waals surface area contributed by atoms with Crippen molar-refractivity contribution in [1.29, 1.82) is 0 Å². The van der Waals surface area contributed by atoms with Gasteiger partial charge in [0.1, 0.15) is 0 Å². The minimum atomic E-state index is -1.21. The van der Waals surface area contributed by atoms with Crippen LogP contribution in [0.25, 0.3) is 0 Å². The van der Waals surface area contributed by atoms with E-state index in [1.54, 1.807) is 0 Å². The van der Waals surface area contributed by atoms with Gasteiger partial charge in [0, 0.05) is 6.61 Å². The van der Waals surface area contributed by atoms with Crippen molar-refractivity contribution in [2.24, 2.45) is 0 Å². The molecule has 1 aromatic rings. The molecule has 1 aromatic carbocycles. The Morgan fingerprint density at radius 3 is 2.62 bits per heavy atom. The SMILES string of the molecule is C=CC[SiH](OCC)c1ccccc1. The summed E-state index contributed by atoms with van der Waals surface area (Å²) in [4.78, 5) is 0. The molecule has 0 saturated carbocycles. The van der Waals surface area contributed by atoms with Gasteiger partial charge in [-0.1, -0.05) is 36.4 Å². The van der Waals surface area contributed by atoms with Crippen LogP contribution < -0.4 is 5.19 Å². The molecule has 0 bridgehead atoms. The quantitative estimate of drug-likeness (QED) is 0.511. The fraction of sp³-hybridized carbons (Fsp3) is 0.273. The number of hydrogen-bond donors (Lipinski definition) is 0. The lowest BCUT2D eigenvalue weighted by Crippen LogP contribution is -2.32. The van der Waals surface area contributed by atoms with Crippen molar-refractivity contribution in [3.05, 3.63) is 43.0 Å². The van der Waals surface area contributed by atoms with Crippen molar-refractivity contribution in [3.63, 3.8) is 0 Å². The largest absolute Gasteiger partial charge is 0.415 e. The van der Waals surface area contributed by atoms with E-state index >= 15 is 0 Å². The summed E-state index contributed by atoms with van der Waals surface area (Å²) in [7, 11) is -1.21. The summed E-state index contributed by atoms with van der Waals surface area (Å²) in [5.74, 6) is 0.